The number of benzene rings is 1. The second kappa shape index (κ2) is 6.53. The summed E-state index contributed by atoms with van der Waals surface area (Å²) in [6.07, 6.45) is 5.42. The zero-order valence-electron chi connectivity index (χ0n) is 10.3. The van der Waals surface area contributed by atoms with Crippen LogP contribution < -0.4 is 5.32 Å². The maximum Gasteiger partial charge on any atom is 0.270 e. The van der Waals surface area contributed by atoms with E-state index >= 15 is 0 Å². The monoisotopic (exact) mass is 310 g/mol. The van der Waals surface area contributed by atoms with E-state index in [1.807, 2.05) is 19.9 Å². The van der Waals surface area contributed by atoms with Crippen LogP contribution in [-0.2, 0) is 6.54 Å². The van der Waals surface area contributed by atoms with E-state index in [9.17, 15) is 10.1 Å². The number of terminal acetylenes is 1. The summed E-state index contributed by atoms with van der Waals surface area (Å²) >= 11 is 3.26. The van der Waals surface area contributed by atoms with Gasteiger partial charge in [0.15, 0.2) is 0 Å². The molecule has 1 atom stereocenters. The van der Waals surface area contributed by atoms with Gasteiger partial charge in [-0.15, -0.1) is 6.42 Å². The minimum Gasteiger partial charge on any atom is -0.299 e. The second-order valence-electron chi connectivity index (χ2n) is 4.34. The van der Waals surface area contributed by atoms with Crippen LogP contribution in [0.4, 0.5) is 5.69 Å². The minimum absolute atomic E-state index is 0.0389. The fraction of sp³-hybridized carbons (Fsp3) is 0.385. The first kappa shape index (κ1) is 14.7. The lowest BCUT2D eigenvalue weighted by Crippen LogP contribution is -2.31. The third-order valence-electron chi connectivity index (χ3n) is 2.53. The number of hydrogen-bond donors (Lipinski definition) is 1. The molecule has 0 amide bonds. The average Bonchev–Trinajstić information content (AvgIpc) is 2.28. The van der Waals surface area contributed by atoms with Crippen LogP contribution in [0, 0.1) is 28.4 Å². The summed E-state index contributed by atoms with van der Waals surface area (Å²) < 4.78 is 0.690. The first-order valence-corrected chi connectivity index (χ1v) is 6.36. The van der Waals surface area contributed by atoms with Gasteiger partial charge in [-0.1, -0.05) is 35.7 Å². The highest BCUT2D eigenvalue weighted by Crippen LogP contribution is 2.21. The third-order valence-corrected chi connectivity index (χ3v) is 2.98. The number of nitro groups is 1. The molecule has 0 bridgehead atoms. The van der Waals surface area contributed by atoms with Gasteiger partial charge in [-0.25, -0.2) is 0 Å². The Morgan fingerprint density at radius 1 is 1.50 bits per heavy atom. The molecule has 0 aliphatic rings. The van der Waals surface area contributed by atoms with Crippen molar-refractivity contribution in [3.8, 4) is 12.3 Å². The SMILES string of the molecule is C#CC(NCc1cc(Br)cc([N+](=O)[O-])c1)C(C)C. The quantitative estimate of drug-likeness (QED) is 0.516. The Balaban J connectivity index is 2.79. The molecule has 1 unspecified atom stereocenters. The van der Waals surface area contributed by atoms with Gasteiger partial charge in [-0.05, 0) is 17.5 Å². The minimum atomic E-state index is -0.407. The molecule has 0 heterocycles. The summed E-state index contributed by atoms with van der Waals surface area (Å²) in [5, 5.41) is 13.9. The predicted molar refractivity (Wildman–Crippen MR) is 75.1 cm³/mol. The number of non-ortho nitro benzene ring substituents is 1. The van der Waals surface area contributed by atoms with Crippen molar-refractivity contribution in [2.75, 3.05) is 0 Å². The van der Waals surface area contributed by atoms with Gasteiger partial charge >= 0.3 is 0 Å². The van der Waals surface area contributed by atoms with E-state index in [0.717, 1.165) is 5.56 Å². The third kappa shape index (κ3) is 4.13. The van der Waals surface area contributed by atoms with Crippen molar-refractivity contribution in [3.63, 3.8) is 0 Å². The molecule has 0 saturated carbocycles. The van der Waals surface area contributed by atoms with Crippen LogP contribution in [0.15, 0.2) is 22.7 Å². The summed E-state index contributed by atoms with van der Waals surface area (Å²) in [6.45, 7) is 4.56. The van der Waals surface area contributed by atoms with Gasteiger partial charge in [0.1, 0.15) is 0 Å². The van der Waals surface area contributed by atoms with Crippen LogP contribution >= 0.6 is 15.9 Å². The van der Waals surface area contributed by atoms with E-state index in [1.54, 1.807) is 6.07 Å². The summed E-state index contributed by atoms with van der Waals surface area (Å²) in [6, 6.07) is 4.83. The molecule has 0 aromatic heterocycles. The van der Waals surface area contributed by atoms with Gasteiger partial charge in [0.25, 0.3) is 5.69 Å². The molecular weight excluding hydrogens is 296 g/mol. The van der Waals surface area contributed by atoms with Gasteiger partial charge in [-0.3, -0.25) is 15.4 Å². The molecule has 18 heavy (non-hydrogen) atoms. The maximum absolute atomic E-state index is 10.7. The van der Waals surface area contributed by atoms with Crippen LogP contribution in [0.1, 0.15) is 19.4 Å². The molecule has 1 aromatic carbocycles. The number of rotatable bonds is 5. The first-order chi connectivity index (χ1) is 8.43. The fourth-order valence-corrected chi connectivity index (χ4v) is 2.08. The first-order valence-electron chi connectivity index (χ1n) is 5.57. The second-order valence-corrected chi connectivity index (χ2v) is 5.26. The van der Waals surface area contributed by atoms with Crippen molar-refractivity contribution in [3.05, 3.63) is 38.3 Å². The van der Waals surface area contributed by atoms with Crippen LogP contribution in [0.3, 0.4) is 0 Å². The van der Waals surface area contributed by atoms with Gasteiger partial charge in [-0.2, -0.15) is 0 Å². The van der Waals surface area contributed by atoms with E-state index in [-0.39, 0.29) is 11.7 Å². The summed E-state index contributed by atoms with van der Waals surface area (Å²) in [5.41, 5.74) is 0.903. The Labute approximate surface area is 115 Å². The highest BCUT2D eigenvalue weighted by Gasteiger charge is 2.12. The molecule has 4 nitrogen and oxygen atoms in total. The van der Waals surface area contributed by atoms with Crippen LogP contribution in [-0.4, -0.2) is 11.0 Å². The van der Waals surface area contributed by atoms with Crippen molar-refractivity contribution in [2.24, 2.45) is 5.92 Å². The van der Waals surface area contributed by atoms with Crippen LogP contribution in [0.5, 0.6) is 0 Å². The fourth-order valence-electron chi connectivity index (χ4n) is 1.56. The summed E-state index contributed by atoms with van der Waals surface area (Å²) in [7, 11) is 0. The van der Waals surface area contributed by atoms with E-state index in [2.05, 4.69) is 27.2 Å². The maximum atomic E-state index is 10.7. The topological polar surface area (TPSA) is 55.2 Å². The normalized spacial score (nSPS) is 12.2. The lowest BCUT2D eigenvalue weighted by molar-refractivity contribution is -0.385. The van der Waals surface area contributed by atoms with E-state index in [4.69, 9.17) is 6.42 Å². The molecule has 1 rings (SSSR count). The van der Waals surface area contributed by atoms with Crippen LogP contribution in [0.25, 0.3) is 0 Å². The van der Waals surface area contributed by atoms with Gasteiger partial charge < -0.3 is 0 Å². The Bertz CT molecular complexity index is 480. The number of nitro benzene ring substituents is 1. The Hall–Kier alpha value is -1.38. The van der Waals surface area contributed by atoms with Gasteiger partial charge in [0.05, 0.1) is 11.0 Å². The standard InChI is InChI=1S/C13H15BrN2O2/c1-4-13(9(2)3)15-8-10-5-11(14)7-12(6-10)16(17)18/h1,5-7,9,13,15H,8H2,2-3H3. The molecule has 0 aliphatic heterocycles. The van der Waals surface area contributed by atoms with Gasteiger partial charge in [0.2, 0.25) is 0 Å². The predicted octanol–water partition coefficient (Wildman–Crippen LogP) is 3.10. The molecule has 96 valence electrons. The largest absolute Gasteiger partial charge is 0.299 e. The molecular formula is C13H15BrN2O2. The Morgan fingerprint density at radius 2 is 2.17 bits per heavy atom. The van der Waals surface area contributed by atoms with E-state index < -0.39 is 4.92 Å². The Kier molecular flexibility index (Phi) is 5.32. The van der Waals surface area contributed by atoms with Crippen molar-refractivity contribution in [1.82, 2.24) is 5.32 Å². The highest BCUT2D eigenvalue weighted by atomic mass is 79.9. The van der Waals surface area contributed by atoms with Gasteiger partial charge in [0, 0.05) is 23.2 Å². The molecule has 0 aliphatic carbocycles. The summed E-state index contributed by atoms with van der Waals surface area (Å²) in [4.78, 5) is 10.3. The molecule has 0 saturated heterocycles. The van der Waals surface area contributed by atoms with Crippen molar-refractivity contribution < 1.29 is 4.92 Å². The number of hydrogen-bond acceptors (Lipinski definition) is 3. The van der Waals surface area contributed by atoms with Crippen molar-refractivity contribution in [1.29, 1.82) is 0 Å². The summed E-state index contributed by atoms with van der Waals surface area (Å²) in [5.74, 6) is 2.98. The number of nitrogens with one attached hydrogen (secondary N) is 1. The Morgan fingerprint density at radius 3 is 2.67 bits per heavy atom. The van der Waals surface area contributed by atoms with Crippen molar-refractivity contribution >= 4 is 21.6 Å². The molecule has 5 heteroatoms. The average molecular weight is 311 g/mol. The zero-order valence-corrected chi connectivity index (χ0v) is 11.9. The molecule has 1 aromatic rings. The molecule has 0 spiro atoms. The number of halogens is 1. The lowest BCUT2D eigenvalue weighted by atomic mass is 10.0. The van der Waals surface area contributed by atoms with Crippen LogP contribution in [0.2, 0.25) is 0 Å². The van der Waals surface area contributed by atoms with E-state index in [0.29, 0.717) is 16.9 Å². The molecule has 0 radical (unpaired) electrons. The zero-order chi connectivity index (χ0) is 13.7. The lowest BCUT2D eigenvalue weighted by Gasteiger charge is -2.16. The molecule has 1 N–H and O–H groups in total. The highest BCUT2D eigenvalue weighted by molar-refractivity contribution is 9.10. The van der Waals surface area contributed by atoms with E-state index in [1.165, 1.54) is 6.07 Å². The van der Waals surface area contributed by atoms with Crippen molar-refractivity contribution in [2.45, 2.75) is 26.4 Å². The smallest absolute Gasteiger partial charge is 0.270 e. The molecule has 0 fully saturated rings. The number of nitrogens with zero attached hydrogens (tertiary/aromatic N) is 1.